The van der Waals surface area contributed by atoms with Crippen LogP contribution in [0.1, 0.15) is 22.7 Å². The first-order valence-corrected chi connectivity index (χ1v) is 7.74. The maximum absolute atomic E-state index is 6.21. The summed E-state index contributed by atoms with van der Waals surface area (Å²) in [5.74, 6) is 0. The molecule has 0 bridgehead atoms. The van der Waals surface area contributed by atoms with Crippen LogP contribution in [0.25, 0.3) is 0 Å². The molecule has 1 aromatic heterocycles. The third-order valence-electron chi connectivity index (χ3n) is 4.04. The van der Waals surface area contributed by atoms with Crippen LogP contribution in [0.5, 0.6) is 0 Å². The van der Waals surface area contributed by atoms with E-state index in [-0.39, 0.29) is 6.04 Å². The van der Waals surface area contributed by atoms with Crippen molar-refractivity contribution < 1.29 is 0 Å². The second-order valence-corrected chi connectivity index (χ2v) is 5.91. The van der Waals surface area contributed by atoms with Crippen LogP contribution in [-0.4, -0.2) is 36.1 Å². The molecular formula is C17H20ClN3. The molecule has 1 fully saturated rings. The molecule has 0 amide bonds. The summed E-state index contributed by atoms with van der Waals surface area (Å²) < 4.78 is 0. The van der Waals surface area contributed by atoms with Crippen LogP contribution in [0.3, 0.4) is 0 Å². The van der Waals surface area contributed by atoms with Crippen molar-refractivity contribution in [2.75, 3.05) is 26.2 Å². The minimum atomic E-state index is 0.244. The normalized spacial score (nSPS) is 17.6. The third kappa shape index (κ3) is 3.26. The van der Waals surface area contributed by atoms with Gasteiger partial charge in [0.05, 0.1) is 6.04 Å². The Balaban J connectivity index is 2.04. The number of aryl methyl sites for hydroxylation is 1. The van der Waals surface area contributed by atoms with E-state index >= 15 is 0 Å². The lowest BCUT2D eigenvalue weighted by atomic mass is 9.94. The second kappa shape index (κ2) is 6.56. The summed E-state index contributed by atoms with van der Waals surface area (Å²) in [6, 6.07) is 10.6. The van der Waals surface area contributed by atoms with Crippen LogP contribution >= 0.6 is 11.6 Å². The van der Waals surface area contributed by atoms with Crippen molar-refractivity contribution in [3.05, 3.63) is 64.4 Å². The molecule has 0 radical (unpaired) electrons. The van der Waals surface area contributed by atoms with Gasteiger partial charge in [0.1, 0.15) is 0 Å². The summed E-state index contributed by atoms with van der Waals surface area (Å²) in [6.07, 6.45) is 3.82. The van der Waals surface area contributed by atoms with Gasteiger partial charge in [-0.1, -0.05) is 23.7 Å². The van der Waals surface area contributed by atoms with Gasteiger partial charge in [0.2, 0.25) is 0 Å². The number of pyridine rings is 1. The molecule has 2 aromatic rings. The highest BCUT2D eigenvalue weighted by Crippen LogP contribution is 2.31. The van der Waals surface area contributed by atoms with Crippen LogP contribution < -0.4 is 5.32 Å². The maximum Gasteiger partial charge on any atom is 0.0606 e. The zero-order chi connectivity index (χ0) is 14.7. The van der Waals surface area contributed by atoms with E-state index in [4.69, 9.17) is 11.6 Å². The summed E-state index contributed by atoms with van der Waals surface area (Å²) in [4.78, 5) is 6.75. The van der Waals surface area contributed by atoms with Gasteiger partial charge < -0.3 is 5.32 Å². The molecule has 0 aliphatic carbocycles. The fraction of sp³-hybridized carbons (Fsp3) is 0.353. The van der Waals surface area contributed by atoms with Crippen LogP contribution in [0.4, 0.5) is 0 Å². The molecule has 1 aliphatic rings. The topological polar surface area (TPSA) is 28.2 Å². The molecule has 21 heavy (non-hydrogen) atoms. The predicted octanol–water partition coefficient (Wildman–Crippen LogP) is 3.04. The first-order valence-electron chi connectivity index (χ1n) is 7.36. The zero-order valence-electron chi connectivity index (χ0n) is 12.2. The summed E-state index contributed by atoms with van der Waals surface area (Å²) >= 11 is 6.21. The molecule has 110 valence electrons. The highest BCUT2D eigenvalue weighted by Gasteiger charge is 2.25. The Bertz CT molecular complexity index is 608. The fourth-order valence-electron chi connectivity index (χ4n) is 3.00. The van der Waals surface area contributed by atoms with Crippen molar-refractivity contribution in [1.82, 2.24) is 15.2 Å². The Morgan fingerprint density at radius 3 is 2.76 bits per heavy atom. The van der Waals surface area contributed by atoms with Gasteiger partial charge in [0, 0.05) is 43.6 Å². The molecule has 3 nitrogen and oxygen atoms in total. The zero-order valence-corrected chi connectivity index (χ0v) is 13.0. The number of rotatable bonds is 3. The molecule has 1 aliphatic heterocycles. The Morgan fingerprint density at radius 1 is 1.24 bits per heavy atom. The van der Waals surface area contributed by atoms with Crippen molar-refractivity contribution in [2.45, 2.75) is 13.0 Å². The summed E-state index contributed by atoms with van der Waals surface area (Å²) in [5, 5.41) is 4.21. The largest absolute Gasteiger partial charge is 0.314 e. The van der Waals surface area contributed by atoms with Gasteiger partial charge >= 0.3 is 0 Å². The monoisotopic (exact) mass is 301 g/mol. The first-order chi connectivity index (χ1) is 10.3. The number of nitrogens with one attached hydrogen (secondary N) is 1. The molecule has 1 aromatic carbocycles. The SMILES string of the molecule is Cc1cnccc1C(c1cccc(Cl)c1)N1CCNCC1. The van der Waals surface area contributed by atoms with E-state index in [1.807, 2.05) is 24.5 Å². The van der Waals surface area contributed by atoms with Crippen LogP contribution in [0.2, 0.25) is 5.02 Å². The van der Waals surface area contributed by atoms with Gasteiger partial charge in [-0.05, 0) is 41.8 Å². The molecule has 3 rings (SSSR count). The number of benzene rings is 1. The lowest BCUT2D eigenvalue weighted by molar-refractivity contribution is 0.198. The van der Waals surface area contributed by atoms with Gasteiger partial charge in [0.25, 0.3) is 0 Å². The van der Waals surface area contributed by atoms with E-state index in [0.29, 0.717) is 0 Å². The molecule has 0 spiro atoms. The van der Waals surface area contributed by atoms with E-state index in [2.05, 4.69) is 40.3 Å². The van der Waals surface area contributed by atoms with Crippen LogP contribution in [-0.2, 0) is 0 Å². The first kappa shape index (κ1) is 14.5. The average molecular weight is 302 g/mol. The summed E-state index contributed by atoms with van der Waals surface area (Å²) in [6.45, 7) is 6.27. The van der Waals surface area contributed by atoms with E-state index in [1.54, 1.807) is 0 Å². The molecular weight excluding hydrogens is 282 g/mol. The number of halogens is 1. The number of hydrogen-bond acceptors (Lipinski definition) is 3. The van der Waals surface area contributed by atoms with Crippen LogP contribution in [0, 0.1) is 6.92 Å². The standard InChI is InChI=1S/C17H20ClN3/c1-13-12-20-6-5-16(13)17(21-9-7-19-8-10-21)14-3-2-4-15(18)11-14/h2-6,11-12,17,19H,7-10H2,1H3. The van der Waals surface area contributed by atoms with Gasteiger partial charge in [-0.25, -0.2) is 0 Å². The Labute approximate surface area is 131 Å². The maximum atomic E-state index is 6.21. The Kier molecular flexibility index (Phi) is 4.54. The number of aromatic nitrogens is 1. The van der Waals surface area contributed by atoms with Gasteiger partial charge in [-0.2, -0.15) is 0 Å². The lowest BCUT2D eigenvalue weighted by Crippen LogP contribution is -2.45. The van der Waals surface area contributed by atoms with Crippen molar-refractivity contribution in [3.8, 4) is 0 Å². The van der Waals surface area contributed by atoms with Gasteiger partial charge in [0.15, 0.2) is 0 Å². The van der Waals surface area contributed by atoms with Gasteiger partial charge in [-0.3, -0.25) is 9.88 Å². The smallest absolute Gasteiger partial charge is 0.0606 e. The number of nitrogens with zero attached hydrogens (tertiary/aromatic N) is 2. The molecule has 2 heterocycles. The lowest BCUT2D eigenvalue weighted by Gasteiger charge is -2.36. The fourth-order valence-corrected chi connectivity index (χ4v) is 3.19. The van der Waals surface area contributed by atoms with E-state index < -0.39 is 0 Å². The molecule has 1 unspecified atom stereocenters. The van der Waals surface area contributed by atoms with Gasteiger partial charge in [-0.15, -0.1) is 0 Å². The molecule has 4 heteroatoms. The summed E-state index contributed by atoms with van der Waals surface area (Å²) in [7, 11) is 0. The quantitative estimate of drug-likeness (QED) is 0.944. The Morgan fingerprint density at radius 2 is 2.05 bits per heavy atom. The Hall–Kier alpha value is -1.42. The summed E-state index contributed by atoms with van der Waals surface area (Å²) in [5.41, 5.74) is 3.79. The van der Waals surface area contributed by atoms with Crippen molar-refractivity contribution in [2.24, 2.45) is 0 Å². The average Bonchev–Trinajstić information content (AvgIpc) is 2.51. The minimum Gasteiger partial charge on any atom is -0.314 e. The van der Waals surface area contributed by atoms with Crippen molar-refractivity contribution in [3.63, 3.8) is 0 Å². The molecule has 0 saturated carbocycles. The highest BCUT2D eigenvalue weighted by molar-refractivity contribution is 6.30. The van der Waals surface area contributed by atoms with Crippen molar-refractivity contribution in [1.29, 1.82) is 0 Å². The van der Waals surface area contributed by atoms with E-state index in [1.165, 1.54) is 16.7 Å². The van der Waals surface area contributed by atoms with E-state index in [9.17, 15) is 0 Å². The predicted molar refractivity (Wildman–Crippen MR) is 86.7 cm³/mol. The third-order valence-corrected chi connectivity index (χ3v) is 4.27. The number of piperazine rings is 1. The highest BCUT2D eigenvalue weighted by atomic mass is 35.5. The minimum absolute atomic E-state index is 0.244. The molecule has 1 saturated heterocycles. The molecule has 1 N–H and O–H groups in total. The van der Waals surface area contributed by atoms with E-state index in [0.717, 1.165) is 31.2 Å². The molecule has 1 atom stereocenters. The number of hydrogen-bond donors (Lipinski definition) is 1. The van der Waals surface area contributed by atoms with Crippen molar-refractivity contribution >= 4 is 11.6 Å². The van der Waals surface area contributed by atoms with Crippen LogP contribution in [0.15, 0.2) is 42.7 Å². The second-order valence-electron chi connectivity index (χ2n) is 5.48.